The largest absolute Gasteiger partial charge is 0.530 e. The molecule has 6 nitrogen and oxygen atoms in total. The molecule has 0 heterocycles. The van der Waals surface area contributed by atoms with Gasteiger partial charge in [-0.3, -0.25) is 13.8 Å². The molecule has 0 aromatic carbocycles. The van der Waals surface area contributed by atoms with Crippen LogP contribution >= 0.6 is 19.4 Å². The van der Waals surface area contributed by atoms with Gasteiger partial charge in [-0.15, -0.1) is 0 Å². The van der Waals surface area contributed by atoms with Gasteiger partial charge < -0.3 is 9.42 Å². The van der Waals surface area contributed by atoms with Crippen LogP contribution in [0.1, 0.15) is 20.8 Å². The second-order valence-corrected chi connectivity index (χ2v) is 5.60. The minimum Gasteiger partial charge on any atom is -0.397 e. The molecule has 8 heteroatoms. The van der Waals surface area contributed by atoms with Gasteiger partial charge in [-0.2, -0.15) is 0 Å². The molecule has 0 aliphatic carbocycles. The number of amides is 1. The minimum atomic E-state index is -3.81. The average Bonchev–Trinajstić information content (AvgIpc) is 2.25. The van der Waals surface area contributed by atoms with Crippen LogP contribution in [0.2, 0.25) is 0 Å². The van der Waals surface area contributed by atoms with Crippen LogP contribution in [0, 0.1) is 0 Å². The molecule has 0 aliphatic heterocycles. The highest BCUT2D eigenvalue weighted by Gasteiger charge is 2.32. The maximum Gasteiger partial charge on any atom is 0.530 e. The van der Waals surface area contributed by atoms with E-state index in [9.17, 15) is 9.36 Å². The topological polar surface area (TPSA) is 65.1 Å². The van der Waals surface area contributed by atoms with Crippen LogP contribution < -0.4 is 0 Å². The van der Waals surface area contributed by atoms with Gasteiger partial charge in [0.2, 0.25) is 5.76 Å². The van der Waals surface area contributed by atoms with Crippen molar-refractivity contribution in [2.45, 2.75) is 20.8 Å². The monoisotopic (exact) mass is 299 g/mol. The molecule has 0 fully saturated rings. The summed E-state index contributed by atoms with van der Waals surface area (Å²) in [5, 5.41) is 0.0772. The maximum atomic E-state index is 12.1. The van der Waals surface area contributed by atoms with Crippen LogP contribution in [0.5, 0.6) is 0 Å². The Kier molecular flexibility index (Phi) is 7.55. The lowest BCUT2D eigenvalue weighted by Crippen LogP contribution is -2.25. The Bertz CT molecular complexity index is 355. The Morgan fingerprint density at radius 1 is 1.22 bits per heavy atom. The van der Waals surface area contributed by atoms with Crippen molar-refractivity contribution in [2.75, 3.05) is 27.3 Å². The number of hydrogen-bond acceptors (Lipinski definition) is 5. The molecule has 0 rings (SSSR count). The standard InChI is InChI=1S/C10H19ClNO5P/c1-6-15-18(14,16-7-2)17-9(8(3)11)10(13)12(4)5/h6-7H2,1-5H3/b9-8+. The van der Waals surface area contributed by atoms with E-state index in [1.807, 2.05) is 0 Å². The van der Waals surface area contributed by atoms with E-state index >= 15 is 0 Å². The number of carbonyl (C=O) groups is 1. The molecular formula is C10H19ClNO5P. The van der Waals surface area contributed by atoms with E-state index in [2.05, 4.69) is 0 Å². The Morgan fingerprint density at radius 2 is 1.67 bits per heavy atom. The van der Waals surface area contributed by atoms with Crippen molar-refractivity contribution in [1.29, 1.82) is 0 Å². The van der Waals surface area contributed by atoms with Crippen molar-refractivity contribution in [1.82, 2.24) is 4.90 Å². The molecule has 0 aromatic heterocycles. The lowest BCUT2D eigenvalue weighted by molar-refractivity contribution is -0.127. The zero-order chi connectivity index (χ0) is 14.3. The number of allylic oxidation sites excluding steroid dienone is 1. The molecule has 0 aromatic rings. The van der Waals surface area contributed by atoms with Crippen LogP contribution in [0.25, 0.3) is 0 Å². The number of rotatable bonds is 7. The highest BCUT2D eigenvalue weighted by molar-refractivity contribution is 7.48. The van der Waals surface area contributed by atoms with E-state index in [-0.39, 0.29) is 24.0 Å². The second kappa shape index (κ2) is 7.79. The van der Waals surface area contributed by atoms with Gasteiger partial charge in [0, 0.05) is 14.1 Å². The number of phosphoric ester groups is 1. The summed E-state index contributed by atoms with van der Waals surface area (Å²) < 4.78 is 27.1. The highest BCUT2D eigenvalue weighted by Crippen LogP contribution is 2.51. The molecule has 1 amide bonds. The van der Waals surface area contributed by atoms with E-state index in [1.54, 1.807) is 13.8 Å². The Balaban J connectivity index is 5.15. The zero-order valence-electron chi connectivity index (χ0n) is 11.2. The van der Waals surface area contributed by atoms with Crippen LogP contribution in [-0.2, 0) is 22.9 Å². The van der Waals surface area contributed by atoms with Crippen LogP contribution in [-0.4, -0.2) is 38.1 Å². The minimum absolute atomic E-state index is 0.0772. The third kappa shape index (κ3) is 5.40. The SMILES string of the molecule is CCOP(=O)(OCC)O/C(C(=O)N(C)C)=C(\C)Cl. The van der Waals surface area contributed by atoms with E-state index in [0.717, 1.165) is 0 Å². The summed E-state index contributed by atoms with van der Waals surface area (Å²) in [5.74, 6) is -0.756. The van der Waals surface area contributed by atoms with Gasteiger partial charge in [-0.1, -0.05) is 11.6 Å². The lowest BCUT2D eigenvalue weighted by atomic mass is 10.4. The first-order valence-electron chi connectivity index (χ1n) is 5.44. The number of carbonyl (C=O) groups excluding carboxylic acids is 1. The molecule has 0 saturated carbocycles. The van der Waals surface area contributed by atoms with Crippen LogP contribution in [0.3, 0.4) is 0 Å². The number of nitrogens with zero attached hydrogens (tertiary/aromatic N) is 1. The summed E-state index contributed by atoms with van der Waals surface area (Å²) in [6.07, 6.45) is 0. The molecule has 0 radical (unpaired) electrons. The van der Waals surface area contributed by atoms with E-state index in [0.29, 0.717) is 0 Å². The van der Waals surface area contributed by atoms with Gasteiger partial charge in [0.15, 0.2) is 0 Å². The van der Waals surface area contributed by atoms with Crippen molar-refractivity contribution < 1.29 is 22.9 Å². The van der Waals surface area contributed by atoms with E-state index in [4.69, 9.17) is 25.2 Å². The molecule has 0 aliphatic rings. The van der Waals surface area contributed by atoms with E-state index < -0.39 is 13.7 Å². The maximum absolute atomic E-state index is 12.1. The lowest BCUT2D eigenvalue weighted by Gasteiger charge is -2.20. The first-order valence-corrected chi connectivity index (χ1v) is 7.28. The van der Waals surface area contributed by atoms with Crippen LogP contribution in [0.4, 0.5) is 0 Å². The zero-order valence-corrected chi connectivity index (χ0v) is 12.9. The second-order valence-electron chi connectivity index (χ2n) is 3.44. The smallest absolute Gasteiger partial charge is 0.397 e. The molecule has 0 saturated heterocycles. The quantitative estimate of drug-likeness (QED) is 0.411. The molecule has 0 unspecified atom stereocenters. The van der Waals surface area contributed by atoms with Crippen molar-refractivity contribution in [3.05, 3.63) is 10.8 Å². The average molecular weight is 300 g/mol. The van der Waals surface area contributed by atoms with Crippen molar-refractivity contribution in [3.63, 3.8) is 0 Å². The third-order valence-electron chi connectivity index (χ3n) is 1.69. The van der Waals surface area contributed by atoms with Gasteiger partial charge in [-0.25, -0.2) is 4.57 Å². The van der Waals surface area contributed by atoms with Gasteiger partial charge in [-0.05, 0) is 20.8 Å². The fourth-order valence-electron chi connectivity index (χ4n) is 0.970. The molecular weight excluding hydrogens is 281 g/mol. The number of hydrogen-bond donors (Lipinski definition) is 0. The van der Waals surface area contributed by atoms with Crippen LogP contribution in [0.15, 0.2) is 10.8 Å². The summed E-state index contributed by atoms with van der Waals surface area (Å²) in [6, 6.07) is 0. The summed E-state index contributed by atoms with van der Waals surface area (Å²) in [4.78, 5) is 13.1. The summed E-state index contributed by atoms with van der Waals surface area (Å²) in [5.41, 5.74) is 0. The van der Waals surface area contributed by atoms with Gasteiger partial charge in [0.05, 0.1) is 18.2 Å². The fraction of sp³-hybridized carbons (Fsp3) is 0.700. The molecule has 18 heavy (non-hydrogen) atoms. The first-order chi connectivity index (χ1) is 8.27. The number of likely N-dealkylation sites (N-methyl/N-ethyl adjacent to an activating group) is 1. The highest BCUT2D eigenvalue weighted by atomic mass is 35.5. The Hall–Kier alpha value is -0.550. The normalized spacial score (nSPS) is 13.0. The van der Waals surface area contributed by atoms with Gasteiger partial charge in [0.25, 0.3) is 5.91 Å². The van der Waals surface area contributed by atoms with Crippen molar-refractivity contribution in [2.24, 2.45) is 0 Å². The van der Waals surface area contributed by atoms with E-state index in [1.165, 1.54) is 25.9 Å². The number of halogens is 1. The summed E-state index contributed by atoms with van der Waals surface area (Å²) >= 11 is 5.76. The number of phosphoric acid groups is 1. The van der Waals surface area contributed by atoms with Gasteiger partial charge >= 0.3 is 7.82 Å². The predicted molar refractivity (Wildman–Crippen MR) is 69.2 cm³/mol. The molecule has 0 N–H and O–H groups in total. The molecule has 0 bridgehead atoms. The molecule has 106 valence electrons. The summed E-state index contributed by atoms with van der Waals surface area (Å²) in [6.45, 7) is 4.99. The Labute approximate surface area is 112 Å². The molecule has 0 atom stereocenters. The summed E-state index contributed by atoms with van der Waals surface area (Å²) in [7, 11) is -0.762. The predicted octanol–water partition coefficient (Wildman–Crippen LogP) is 2.74. The van der Waals surface area contributed by atoms with Gasteiger partial charge in [0.1, 0.15) is 0 Å². The van der Waals surface area contributed by atoms with Crippen molar-refractivity contribution >= 4 is 25.3 Å². The first kappa shape index (κ1) is 17.4. The fourth-order valence-corrected chi connectivity index (χ4v) is 2.39. The van der Waals surface area contributed by atoms with Crippen molar-refractivity contribution in [3.8, 4) is 0 Å². The third-order valence-corrected chi connectivity index (χ3v) is 3.42. The molecule has 0 spiro atoms. The Morgan fingerprint density at radius 3 is 1.94 bits per heavy atom.